The first kappa shape index (κ1) is 18.9. The minimum Gasteiger partial charge on any atom is -0.508 e. The van der Waals surface area contributed by atoms with Gasteiger partial charge in [0.05, 0.1) is 0 Å². The Labute approximate surface area is 166 Å². The number of aromatic nitrogens is 2. The summed E-state index contributed by atoms with van der Waals surface area (Å²) in [6, 6.07) is 5.76. The third-order valence-electron chi connectivity index (χ3n) is 5.97. The molecule has 6 heteroatoms. The van der Waals surface area contributed by atoms with Crippen LogP contribution >= 0.6 is 0 Å². The lowest BCUT2D eigenvalue weighted by atomic mass is 9.95. The quantitative estimate of drug-likeness (QED) is 0.887. The number of nitrogens with zero attached hydrogens (tertiary/aromatic N) is 4. The second-order valence-corrected chi connectivity index (χ2v) is 8.07. The summed E-state index contributed by atoms with van der Waals surface area (Å²) in [6.07, 6.45) is 4.77. The molecule has 6 nitrogen and oxygen atoms in total. The number of piperidine rings is 1. The first-order chi connectivity index (χ1) is 13.5. The molecule has 2 aliphatic rings. The van der Waals surface area contributed by atoms with Gasteiger partial charge in [0.2, 0.25) is 5.91 Å². The van der Waals surface area contributed by atoms with Gasteiger partial charge in [-0.05, 0) is 25.8 Å². The summed E-state index contributed by atoms with van der Waals surface area (Å²) < 4.78 is 0. The molecule has 0 spiro atoms. The third-order valence-corrected chi connectivity index (χ3v) is 5.97. The molecule has 2 aliphatic heterocycles. The van der Waals surface area contributed by atoms with Crippen LogP contribution in [0.15, 0.2) is 24.4 Å². The molecule has 0 saturated carbocycles. The van der Waals surface area contributed by atoms with Gasteiger partial charge in [-0.15, -0.1) is 0 Å². The minimum atomic E-state index is 0.157. The van der Waals surface area contributed by atoms with Crippen LogP contribution in [0.3, 0.4) is 0 Å². The first-order valence-electron chi connectivity index (χ1n) is 10.1. The number of amides is 1. The molecule has 1 amide bonds. The molecule has 0 bridgehead atoms. The summed E-state index contributed by atoms with van der Waals surface area (Å²) in [5.41, 5.74) is 4.47. The van der Waals surface area contributed by atoms with Crippen LogP contribution < -0.4 is 0 Å². The van der Waals surface area contributed by atoms with Crippen LogP contribution in [-0.2, 0) is 24.3 Å². The van der Waals surface area contributed by atoms with E-state index in [1.54, 1.807) is 13.0 Å². The molecule has 0 aliphatic carbocycles. The number of likely N-dealkylation sites (tertiary alicyclic amines) is 1. The van der Waals surface area contributed by atoms with Gasteiger partial charge in [-0.2, -0.15) is 0 Å². The number of phenolic OH excluding ortho intramolecular Hbond substituents is 1. The topological polar surface area (TPSA) is 69.6 Å². The van der Waals surface area contributed by atoms with Crippen LogP contribution in [0.2, 0.25) is 0 Å². The maximum Gasteiger partial charge on any atom is 0.219 e. The van der Waals surface area contributed by atoms with Gasteiger partial charge in [-0.1, -0.05) is 17.7 Å². The van der Waals surface area contributed by atoms with E-state index in [9.17, 15) is 9.90 Å². The summed E-state index contributed by atoms with van der Waals surface area (Å²) in [7, 11) is 0. The predicted octanol–water partition coefficient (Wildman–Crippen LogP) is 2.77. The highest BCUT2D eigenvalue weighted by molar-refractivity contribution is 5.73. The van der Waals surface area contributed by atoms with Crippen LogP contribution in [0.5, 0.6) is 5.75 Å². The van der Waals surface area contributed by atoms with Gasteiger partial charge in [0.15, 0.2) is 0 Å². The Bertz CT molecular complexity index is 875. The lowest BCUT2D eigenvalue weighted by Gasteiger charge is -2.32. The molecule has 0 unspecified atom stereocenters. The number of aryl methyl sites for hydroxylation is 1. The number of carbonyl (C=O) groups excluding carboxylic acids is 1. The van der Waals surface area contributed by atoms with E-state index in [0.29, 0.717) is 11.7 Å². The fourth-order valence-electron chi connectivity index (χ4n) is 4.26. The zero-order valence-corrected chi connectivity index (χ0v) is 16.7. The molecular formula is C22H28N4O2. The summed E-state index contributed by atoms with van der Waals surface area (Å²) in [6.45, 7) is 7.76. The molecule has 1 saturated heterocycles. The van der Waals surface area contributed by atoms with Gasteiger partial charge in [-0.25, -0.2) is 9.97 Å². The Kier molecular flexibility index (Phi) is 5.31. The van der Waals surface area contributed by atoms with Crippen LogP contribution in [0.1, 0.15) is 53.9 Å². The van der Waals surface area contributed by atoms with E-state index in [1.165, 1.54) is 5.56 Å². The average Bonchev–Trinajstić information content (AvgIpc) is 2.70. The molecule has 1 N–H and O–H groups in total. The second-order valence-electron chi connectivity index (χ2n) is 8.07. The second kappa shape index (κ2) is 7.87. The summed E-state index contributed by atoms with van der Waals surface area (Å²) in [5, 5.41) is 10.1. The Morgan fingerprint density at radius 2 is 2.04 bits per heavy atom. The van der Waals surface area contributed by atoms with Crippen LogP contribution in [0, 0.1) is 6.92 Å². The van der Waals surface area contributed by atoms with Crippen molar-refractivity contribution in [1.82, 2.24) is 19.8 Å². The Hall–Kier alpha value is -2.47. The summed E-state index contributed by atoms with van der Waals surface area (Å²) >= 11 is 0. The Morgan fingerprint density at radius 3 is 2.79 bits per heavy atom. The lowest BCUT2D eigenvalue weighted by Crippen LogP contribution is -2.37. The zero-order chi connectivity index (χ0) is 19.7. The van der Waals surface area contributed by atoms with Crippen molar-refractivity contribution in [1.29, 1.82) is 0 Å². The minimum absolute atomic E-state index is 0.157. The predicted molar refractivity (Wildman–Crippen MR) is 107 cm³/mol. The lowest BCUT2D eigenvalue weighted by molar-refractivity contribution is -0.129. The number of aromatic hydroxyl groups is 1. The number of carbonyl (C=O) groups is 1. The Balaban J connectivity index is 1.42. The van der Waals surface area contributed by atoms with Gasteiger partial charge >= 0.3 is 0 Å². The van der Waals surface area contributed by atoms with Gasteiger partial charge in [-0.3, -0.25) is 9.69 Å². The molecule has 2 aromatic rings. The average molecular weight is 380 g/mol. The van der Waals surface area contributed by atoms with E-state index in [4.69, 9.17) is 4.98 Å². The van der Waals surface area contributed by atoms with Crippen molar-refractivity contribution >= 4 is 5.91 Å². The van der Waals surface area contributed by atoms with Crippen molar-refractivity contribution in [3.05, 3.63) is 52.6 Å². The molecule has 148 valence electrons. The fraction of sp³-hybridized carbons (Fsp3) is 0.500. The normalized spacial score (nSPS) is 18.1. The molecule has 28 heavy (non-hydrogen) atoms. The number of benzene rings is 1. The van der Waals surface area contributed by atoms with E-state index in [2.05, 4.69) is 16.0 Å². The molecule has 1 fully saturated rings. The van der Waals surface area contributed by atoms with Gasteiger partial charge in [0.25, 0.3) is 0 Å². The van der Waals surface area contributed by atoms with Crippen molar-refractivity contribution in [3.63, 3.8) is 0 Å². The highest BCUT2D eigenvalue weighted by Crippen LogP contribution is 2.28. The van der Waals surface area contributed by atoms with E-state index >= 15 is 0 Å². The smallest absolute Gasteiger partial charge is 0.219 e. The van der Waals surface area contributed by atoms with Crippen LogP contribution in [-0.4, -0.2) is 50.4 Å². The Morgan fingerprint density at radius 1 is 1.25 bits per heavy atom. The molecule has 1 aromatic heterocycles. The van der Waals surface area contributed by atoms with Crippen molar-refractivity contribution in [2.75, 3.05) is 19.6 Å². The number of phenols is 1. The standard InChI is InChI=1S/C22H28N4O2/c1-15-3-4-21(28)18(11-15)13-25-8-7-20-19(14-25)12-23-22(24-20)17-5-9-26(10-6-17)16(2)27/h3-4,11-12,17,28H,5-10,13-14H2,1-2H3. The molecular weight excluding hydrogens is 352 g/mol. The first-order valence-corrected chi connectivity index (χ1v) is 10.1. The largest absolute Gasteiger partial charge is 0.508 e. The van der Waals surface area contributed by atoms with Gasteiger partial charge in [0.1, 0.15) is 11.6 Å². The molecule has 0 atom stereocenters. The zero-order valence-electron chi connectivity index (χ0n) is 16.7. The highest BCUT2D eigenvalue weighted by Gasteiger charge is 2.26. The fourth-order valence-corrected chi connectivity index (χ4v) is 4.26. The van der Waals surface area contributed by atoms with Crippen molar-refractivity contribution in [3.8, 4) is 5.75 Å². The van der Waals surface area contributed by atoms with Crippen molar-refractivity contribution < 1.29 is 9.90 Å². The number of rotatable bonds is 3. The maximum absolute atomic E-state index is 11.5. The van der Waals surface area contributed by atoms with Gasteiger partial charge in [0, 0.05) is 75.0 Å². The summed E-state index contributed by atoms with van der Waals surface area (Å²) in [5.74, 6) is 1.80. The van der Waals surface area contributed by atoms with Crippen LogP contribution in [0.25, 0.3) is 0 Å². The van der Waals surface area contributed by atoms with E-state index in [0.717, 1.165) is 74.6 Å². The van der Waals surface area contributed by atoms with Crippen molar-refractivity contribution in [2.24, 2.45) is 0 Å². The highest BCUT2D eigenvalue weighted by atomic mass is 16.3. The number of fused-ring (bicyclic) bond motifs is 1. The van der Waals surface area contributed by atoms with Crippen LogP contribution in [0.4, 0.5) is 0 Å². The SMILES string of the molecule is CC(=O)N1CCC(c2ncc3c(n2)CCN(Cc2cc(C)ccc2O)C3)CC1. The van der Waals surface area contributed by atoms with E-state index in [-0.39, 0.29) is 5.91 Å². The maximum atomic E-state index is 11.5. The third kappa shape index (κ3) is 4.02. The van der Waals surface area contributed by atoms with Crippen molar-refractivity contribution in [2.45, 2.75) is 52.1 Å². The molecule has 0 radical (unpaired) electrons. The van der Waals surface area contributed by atoms with E-state index in [1.807, 2.05) is 24.1 Å². The number of hydrogen-bond donors (Lipinski definition) is 1. The molecule has 4 rings (SSSR count). The number of hydrogen-bond acceptors (Lipinski definition) is 5. The monoisotopic (exact) mass is 380 g/mol. The van der Waals surface area contributed by atoms with E-state index < -0.39 is 0 Å². The molecule has 3 heterocycles. The summed E-state index contributed by atoms with van der Waals surface area (Å²) in [4.78, 5) is 25.3. The van der Waals surface area contributed by atoms with Gasteiger partial charge < -0.3 is 10.0 Å². The molecule has 1 aromatic carbocycles.